The highest BCUT2D eigenvalue weighted by atomic mass is 32.1. The van der Waals surface area contributed by atoms with E-state index in [1.807, 2.05) is 17.5 Å². The van der Waals surface area contributed by atoms with Crippen LogP contribution in [0.4, 0.5) is 0 Å². The van der Waals surface area contributed by atoms with Gasteiger partial charge in [0.1, 0.15) is 5.01 Å². The highest BCUT2D eigenvalue weighted by Gasteiger charge is 2.17. The number of aromatic nitrogens is 4. The van der Waals surface area contributed by atoms with Crippen molar-refractivity contribution in [3.05, 3.63) is 76.0 Å². The van der Waals surface area contributed by atoms with Gasteiger partial charge in [0.05, 0.1) is 23.0 Å². The Kier molecular flexibility index (Phi) is 4.94. The minimum atomic E-state index is -0.679. The van der Waals surface area contributed by atoms with Gasteiger partial charge in [0, 0.05) is 23.3 Å². The number of para-hydroxylation sites is 1. The molecule has 0 aliphatic heterocycles. The van der Waals surface area contributed by atoms with Gasteiger partial charge in [-0.1, -0.05) is 12.1 Å². The quantitative estimate of drug-likeness (QED) is 0.524. The number of hydrogen-bond acceptors (Lipinski definition) is 7. The maximum Gasteiger partial charge on any atom is 0.312 e. The van der Waals surface area contributed by atoms with E-state index >= 15 is 0 Å². The fourth-order valence-corrected chi connectivity index (χ4v) is 3.56. The molecule has 4 rings (SSSR count). The van der Waals surface area contributed by atoms with Crippen LogP contribution in [0.2, 0.25) is 0 Å². The second-order valence-corrected chi connectivity index (χ2v) is 7.02. The molecule has 0 radical (unpaired) electrons. The first-order valence-corrected chi connectivity index (χ1v) is 9.51. The molecule has 3 aromatic heterocycles. The third-order valence-electron chi connectivity index (χ3n) is 4.11. The first kappa shape index (κ1) is 18.0. The number of nitrogens with one attached hydrogen (secondary N) is 1. The maximum atomic E-state index is 12.3. The van der Waals surface area contributed by atoms with Crippen LogP contribution in [0.15, 0.2) is 59.0 Å². The normalized spacial score (nSPS) is 12.0. The van der Waals surface area contributed by atoms with Crippen molar-refractivity contribution in [3.63, 3.8) is 0 Å². The van der Waals surface area contributed by atoms with Crippen molar-refractivity contribution in [2.24, 2.45) is 0 Å². The number of ether oxygens (including phenoxy) is 1. The fourth-order valence-electron chi connectivity index (χ4n) is 2.75. The van der Waals surface area contributed by atoms with Crippen LogP contribution in [0.25, 0.3) is 21.5 Å². The molecule has 8 heteroatoms. The van der Waals surface area contributed by atoms with Crippen LogP contribution < -0.4 is 5.56 Å². The number of esters is 1. The zero-order valence-corrected chi connectivity index (χ0v) is 15.8. The van der Waals surface area contributed by atoms with Gasteiger partial charge in [-0.25, -0.2) is 9.97 Å². The highest BCUT2D eigenvalue weighted by molar-refractivity contribution is 7.13. The van der Waals surface area contributed by atoms with Crippen molar-refractivity contribution in [2.45, 2.75) is 19.4 Å². The highest BCUT2D eigenvalue weighted by Crippen LogP contribution is 2.23. The van der Waals surface area contributed by atoms with E-state index in [1.54, 1.807) is 43.6 Å². The van der Waals surface area contributed by atoms with Crippen LogP contribution in [0.1, 0.15) is 24.5 Å². The molecule has 0 aliphatic rings. The number of carbonyl (C=O) groups excluding carboxylic acids is 1. The lowest BCUT2D eigenvalue weighted by atomic mass is 10.2. The van der Waals surface area contributed by atoms with E-state index in [0.29, 0.717) is 22.4 Å². The van der Waals surface area contributed by atoms with E-state index in [4.69, 9.17) is 4.74 Å². The third-order valence-corrected chi connectivity index (χ3v) is 5.05. The fraction of sp³-hybridized carbons (Fsp3) is 0.150. The molecule has 0 spiro atoms. The lowest BCUT2D eigenvalue weighted by molar-refractivity contribution is -0.148. The summed E-state index contributed by atoms with van der Waals surface area (Å²) in [5, 5.41) is 3.12. The molecular formula is C20H16N4O3S. The molecule has 4 aromatic rings. The standard InChI is InChI=1S/C20H16N4O3S/c1-12(18-23-16-7-3-2-6-15(16)19(26)24-18)27-17(25)9-14-11-28-20(22-14)13-5-4-8-21-10-13/h2-8,10-12H,9H2,1H3,(H,23,24,26)/t12-/m0/s1. The van der Waals surface area contributed by atoms with Crippen LogP contribution in [-0.4, -0.2) is 25.9 Å². The number of carbonyl (C=O) groups is 1. The Hall–Kier alpha value is -3.39. The summed E-state index contributed by atoms with van der Waals surface area (Å²) in [5.41, 5.74) is 1.83. The molecule has 7 nitrogen and oxygen atoms in total. The number of nitrogens with zero attached hydrogens (tertiary/aromatic N) is 3. The second kappa shape index (κ2) is 7.69. The summed E-state index contributed by atoms with van der Waals surface area (Å²) < 4.78 is 5.44. The van der Waals surface area contributed by atoms with Gasteiger partial charge in [-0.2, -0.15) is 0 Å². The van der Waals surface area contributed by atoms with Gasteiger partial charge in [0.15, 0.2) is 11.9 Å². The number of aromatic amines is 1. The molecule has 0 unspecified atom stereocenters. The van der Waals surface area contributed by atoms with Gasteiger partial charge in [-0.05, 0) is 31.2 Å². The summed E-state index contributed by atoms with van der Waals surface area (Å²) in [6.07, 6.45) is 2.78. The van der Waals surface area contributed by atoms with E-state index in [1.165, 1.54) is 11.3 Å². The van der Waals surface area contributed by atoms with Crippen LogP contribution in [0.5, 0.6) is 0 Å². The Morgan fingerprint density at radius 2 is 2.07 bits per heavy atom. The molecule has 0 fully saturated rings. The molecule has 0 saturated carbocycles. The molecule has 28 heavy (non-hydrogen) atoms. The van der Waals surface area contributed by atoms with E-state index < -0.39 is 12.1 Å². The van der Waals surface area contributed by atoms with Crippen molar-refractivity contribution in [3.8, 4) is 10.6 Å². The first-order valence-electron chi connectivity index (χ1n) is 8.63. The van der Waals surface area contributed by atoms with Gasteiger partial charge < -0.3 is 9.72 Å². The molecule has 0 bridgehead atoms. The summed E-state index contributed by atoms with van der Waals surface area (Å²) in [7, 11) is 0. The van der Waals surface area contributed by atoms with Crippen molar-refractivity contribution >= 4 is 28.2 Å². The van der Waals surface area contributed by atoms with E-state index in [0.717, 1.165) is 10.6 Å². The van der Waals surface area contributed by atoms with Crippen LogP contribution in [-0.2, 0) is 16.0 Å². The number of rotatable bonds is 5. The minimum Gasteiger partial charge on any atom is -0.454 e. The first-order chi connectivity index (χ1) is 13.6. The lowest BCUT2D eigenvalue weighted by Gasteiger charge is -2.12. The average Bonchev–Trinajstić information content (AvgIpc) is 3.17. The minimum absolute atomic E-state index is 0.0406. The number of benzene rings is 1. The van der Waals surface area contributed by atoms with E-state index in [2.05, 4.69) is 19.9 Å². The third kappa shape index (κ3) is 3.81. The molecule has 1 aromatic carbocycles. The Labute approximate surface area is 164 Å². The van der Waals surface area contributed by atoms with E-state index in [-0.39, 0.29) is 12.0 Å². The smallest absolute Gasteiger partial charge is 0.312 e. The number of fused-ring (bicyclic) bond motifs is 1. The van der Waals surface area contributed by atoms with Gasteiger partial charge >= 0.3 is 5.97 Å². The topological polar surface area (TPSA) is 97.8 Å². The summed E-state index contributed by atoms with van der Waals surface area (Å²) >= 11 is 1.44. The Morgan fingerprint density at radius 3 is 2.89 bits per heavy atom. The van der Waals surface area contributed by atoms with Crippen LogP contribution >= 0.6 is 11.3 Å². The van der Waals surface area contributed by atoms with Gasteiger partial charge in [0.2, 0.25) is 0 Å². The number of H-pyrrole nitrogens is 1. The van der Waals surface area contributed by atoms with Crippen LogP contribution in [0, 0.1) is 0 Å². The number of pyridine rings is 1. The zero-order valence-electron chi connectivity index (χ0n) is 15.0. The zero-order chi connectivity index (χ0) is 19.5. The SMILES string of the molecule is C[C@H](OC(=O)Cc1csc(-c2cccnc2)n1)c1nc2ccccc2c(=O)[nH]1. The molecule has 140 valence electrons. The van der Waals surface area contributed by atoms with Crippen LogP contribution in [0.3, 0.4) is 0 Å². The van der Waals surface area contributed by atoms with Crippen molar-refractivity contribution in [1.29, 1.82) is 0 Å². The Balaban J connectivity index is 1.45. The molecular weight excluding hydrogens is 376 g/mol. The molecule has 3 heterocycles. The van der Waals surface area contributed by atoms with Crippen molar-refractivity contribution in [2.75, 3.05) is 0 Å². The molecule has 1 atom stereocenters. The predicted molar refractivity (Wildman–Crippen MR) is 106 cm³/mol. The van der Waals surface area contributed by atoms with E-state index in [9.17, 15) is 9.59 Å². The monoisotopic (exact) mass is 392 g/mol. The summed E-state index contributed by atoms with van der Waals surface area (Å²) in [5.74, 6) is -0.127. The van der Waals surface area contributed by atoms with Gasteiger partial charge in [0.25, 0.3) is 5.56 Å². The number of thiazole rings is 1. The molecule has 0 amide bonds. The molecule has 1 N–H and O–H groups in total. The summed E-state index contributed by atoms with van der Waals surface area (Å²) in [6, 6.07) is 10.8. The van der Waals surface area contributed by atoms with Crippen molar-refractivity contribution in [1.82, 2.24) is 19.9 Å². The second-order valence-electron chi connectivity index (χ2n) is 6.16. The van der Waals surface area contributed by atoms with Crippen molar-refractivity contribution < 1.29 is 9.53 Å². The summed E-state index contributed by atoms with van der Waals surface area (Å²) in [4.78, 5) is 40.1. The lowest BCUT2D eigenvalue weighted by Crippen LogP contribution is -2.18. The maximum absolute atomic E-state index is 12.3. The average molecular weight is 392 g/mol. The molecule has 0 saturated heterocycles. The predicted octanol–water partition coefficient (Wildman–Crippen LogP) is 3.29. The molecule has 0 aliphatic carbocycles. The number of hydrogen-bond donors (Lipinski definition) is 1. The summed E-state index contributed by atoms with van der Waals surface area (Å²) in [6.45, 7) is 1.67. The largest absolute Gasteiger partial charge is 0.454 e. The Bertz CT molecular complexity index is 1190. The Morgan fingerprint density at radius 1 is 1.21 bits per heavy atom. The van der Waals surface area contributed by atoms with Gasteiger partial charge in [-0.15, -0.1) is 11.3 Å². The van der Waals surface area contributed by atoms with Gasteiger partial charge in [-0.3, -0.25) is 14.6 Å².